The number of ketones is 1. The molecule has 12 heavy (non-hydrogen) atoms. The molecule has 1 rings (SSSR count). The number of hydrogen-bond acceptors (Lipinski definition) is 1. The van der Waals surface area contributed by atoms with Gasteiger partial charge < -0.3 is 0 Å². The van der Waals surface area contributed by atoms with Crippen molar-refractivity contribution in [2.75, 3.05) is 0 Å². The highest BCUT2D eigenvalue weighted by molar-refractivity contribution is 5.78. The van der Waals surface area contributed by atoms with Crippen molar-refractivity contribution in [3.63, 3.8) is 0 Å². The summed E-state index contributed by atoms with van der Waals surface area (Å²) in [4.78, 5) is 11.0. The third-order valence-corrected chi connectivity index (χ3v) is 2.83. The molecule has 0 atom stereocenters. The van der Waals surface area contributed by atoms with E-state index in [1.54, 1.807) is 6.92 Å². The Morgan fingerprint density at radius 1 is 1.42 bits per heavy atom. The van der Waals surface area contributed by atoms with Gasteiger partial charge in [0.25, 0.3) is 0 Å². The number of carbonyl (C=O) groups is 1. The molecule has 0 N–H and O–H groups in total. The Labute approximate surface area is 74.5 Å². The zero-order valence-corrected chi connectivity index (χ0v) is 7.68. The van der Waals surface area contributed by atoms with E-state index in [-0.39, 0.29) is 0 Å². The molecule has 0 amide bonds. The van der Waals surface area contributed by atoms with Crippen LogP contribution in [0.25, 0.3) is 0 Å². The van der Waals surface area contributed by atoms with Gasteiger partial charge in [0.15, 0.2) is 0 Å². The molecule has 1 aliphatic rings. The second-order valence-corrected chi connectivity index (χ2v) is 3.74. The SMILES string of the molecule is C#CCC1CCC(C(C)=O)CC1. The molecule has 1 heteroatoms. The van der Waals surface area contributed by atoms with Crippen molar-refractivity contribution < 1.29 is 4.79 Å². The predicted octanol–water partition coefficient (Wildman–Crippen LogP) is 2.41. The Kier molecular flexibility index (Phi) is 3.34. The average Bonchev–Trinajstić information content (AvgIpc) is 2.06. The molecule has 0 saturated heterocycles. The lowest BCUT2D eigenvalue weighted by Crippen LogP contribution is -2.19. The van der Waals surface area contributed by atoms with Gasteiger partial charge in [0, 0.05) is 12.3 Å². The van der Waals surface area contributed by atoms with E-state index in [0.717, 1.165) is 32.1 Å². The van der Waals surface area contributed by atoms with Crippen molar-refractivity contribution in [2.45, 2.75) is 39.0 Å². The second-order valence-electron chi connectivity index (χ2n) is 3.74. The number of rotatable bonds is 2. The Balaban J connectivity index is 2.30. The maximum Gasteiger partial charge on any atom is 0.132 e. The van der Waals surface area contributed by atoms with Crippen molar-refractivity contribution in [2.24, 2.45) is 11.8 Å². The van der Waals surface area contributed by atoms with Gasteiger partial charge in [0.2, 0.25) is 0 Å². The average molecular weight is 164 g/mol. The van der Waals surface area contributed by atoms with E-state index in [0.29, 0.717) is 17.6 Å². The molecule has 0 spiro atoms. The van der Waals surface area contributed by atoms with E-state index in [2.05, 4.69) is 5.92 Å². The number of carbonyl (C=O) groups excluding carboxylic acids is 1. The summed E-state index contributed by atoms with van der Waals surface area (Å²) in [6.07, 6.45) is 10.5. The monoisotopic (exact) mass is 164 g/mol. The van der Waals surface area contributed by atoms with Crippen LogP contribution in [0.4, 0.5) is 0 Å². The Bertz CT molecular complexity index is 192. The Morgan fingerprint density at radius 3 is 2.42 bits per heavy atom. The zero-order chi connectivity index (χ0) is 8.97. The number of Topliss-reactive ketones (excluding diaryl/α,β-unsaturated/α-hetero) is 1. The smallest absolute Gasteiger partial charge is 0.132 e. The molecule has 66 valence electrons. The number of terminal acetylenes is 1. The first-order chi connectivity index (χ1) is 5.74. The normalized spacial score (nSPS) is 29.3. The standard InChI is InChI=1S/C11H16O/c1-3-4-10-5-7-11(8-6-10)9(2)12/h1,10-11H,4-8H2,2H3. The first kappa shape index (κ1) is 9.32. The minimum absolute atomic E-state index is 0.332. The van der Waals surface area contributed by atoms with Gasteiger partial charge in [-0.15, -0.1) is 12.3 Å². The quantitative estimate of drug-likeness (QED) is 0.573. The van der Waals surface area contributed by atoms with Gasteiger partial charge in [-0.25, -0.2) is 0 Å². The van der Waals surface area contributed by atoms with Crippen LogP contribution >= 0.6 is 0 Å². The van der Waals surface area contributed by atoms with Crippen LogP contribution in [0, 0.1) is 24.2 Å². The lowest BCUT2D eigenvalue weighted by Gasteiger charge is -2.25. The number of hydrogen-bond donors (Lipinski definition) is 0. The van der Waals surface area contributed by atoms with Crippen LogP contribution in [0.3, 0.4) is 0 Å². The molecule has 0 unspecified atom stereocenters. The first-order valence-corrected chi connectivity index (χ1v) is 4.68. The highest BCUT2D eigenvalue weighted by Crippen LogP contribution is 2.30. The summed E-state index contributed by atoms with van der Waals surface area (Å²) in [6.45, 7) is 1.70. The molecule has 0 aliphatic heterocycles. The van der Waals surface area contributed by atoms with Gasteiger partial charge in [-0.2, -0.15) is 0 Å². The van der Waals surface area contributed by atoms with Crippen molar-refractivity contribution in [3.05, 3.63) is 0 Å². The first-order valence-electron chi connectivity index (χ1n) is 4.68. The molecule has 0 radical (unpaired) electrons. The fourth-order valence-electron chi connectivity index (χ4n) is 1.94. The fraction of sp³-hybridized carbons (Fsp3) is 0.727. The Morgan fingerprint density at radius 2 is 2.00 bits per heavy atom. The Hall–Kier alpha value is -0.770. The summed E-state index contributed by atoms with van der Waals surface area (Å²) in [5.41, 5.74) is 0. The van der Waals surface area contributed by atoms with Crippen LogP contribution in [-0.2, 0) is 4.79 Å². The van der Waals surface area contributed by atoms with Gasteiger partial charge in [0.1, 0.15) is 5.78 Å². The van der Waals surface area contributed by atoms with Crippen LogP contribution in [0.2, 0.25) is 0 Å². The van der Waals surface area contributed by atoms with Crippen molar-refractivity contribution in [3.8, 4) is 12.3 Å². The third-order valence-electron chi connectivity index (χ3n) is 2.83. The lowest BCUT2D eigenvalue weighted by atomic mass is 9.79. The predicted molar refractivity (Wildman–Crippen MR) is 49.6 cm³/mol. The van der Waals surface area contributed by atoms with Crippen molar-refractivity contribution in [1.82, 2.24) is 0 Å². The zero-order valence-electron chi connectivity index (χ0n) is 7.68. The molecule has 1 saturated carbocycles. The molecule has 0 heterocycles. The van der Waals surface area contributed by atoms with Crippen LogP contribution in [0.15, 0.2) is 0 Å². The summed E-state index contributed by atoms with van der Waals surface area (Å²) in [7, 11) is 0. The summed E-state index contributed by atoms with van der Waals surface area (Å²) in [5, 5.41) is 0. The maximum absolute atomic E-state index is 11.0. The van der Waals surface area contributed by atoms with Crippen LogP contribution < -0.4 is 0 Å². The summed E-state index contributed by atoms with van der Waals surface area (Å²) in [5.74, 6) is 4.07. The lowest BCUT2D eigenvalue weighted by molar-refractivity contribution is -0.121. The van der Waals surface area contributed by atoms with E-state index < -0.39 is 0 Å². The van der Waals surface area contributed by atoms with Crippen LogP contribution in [0.5, 0.6) is 0 Å². The molecular formula is C11H16O. The molecule has 0 bridgehead atoms. The topological polar surface area (TPSA) is 17.1 Å². The van der Waals surface area contributed by atoms with E-state index in [9.17, 15) is 4.79 Å². The van der Waals surface area contributed by atoms with E-state index in [4.69, 9.17) is 6.42 Å². The van der Waals surface area contributed by atoms with Gasteiger partial charge in [0.05, 0.1) is 0 Å². The molecule has 1 nitrogen and oxygen atoms in total. The van der Waals surface area contributed by atoms with E-state index in [1.165, 1.54) is 0 Å². The largest absolute Gasteiger partial charge is 0.300 e. The van der Waals surface area contributed by atoms with Gasteiger partial charge in [-0.05, 0) is 38.5 Å². The molecule has 1 aliphatic carbocycles. The van der Waals surface area contributed by atoms with Crippen LogP contribution in [-0.4, -0.2) is 5.78 Å². The van der Waals surface area contributed by atoms with Crippen LogP contribution in [0.1, 0.15) is 39.0 Å². The molecule has 1 fully saturated rings. The van der Waals surface area contributed by atoms with Gasteiger partial charge in [-0.3, -0.25) is 4.79 Å². The molecule has 0 aromatic carbocycles. The molecule has 0 aromatic rings. The van der Waals surface area contributed by atoms with E-state index >= 15 is 0 Å². The van der Waals surface area contributed by atoms with Gasteiger partial charge >= 0.3 is 0 Å². The van der Waals surface area contributed by atoms with Gasteiger partial charge in [-0.1, -0.05) is 0 Å². The summed E-state index contributed by atoms with van der Waals surface area (Å²) >= 11 is 0. The molecule has 0 aromatic heterocycles. The highest BCUT2D eigenvalue weighted by Gasteiger charge is 2.22. The van der Waals surface area contributed by atoms with E-state index in [1.807, 2.05) is 0 Å². The summed E-state index contributed by atoms with van der Waals surface area (Å²) < 4.78 is 0. The second kappa shape index (κ2) is 4.30. The summed E-state index contributed by atoms with van der Waals surface area (Å²) in [6, 6.07) is 0. The van der Waals surface area contributed by atoms with Crippen molar-refractivity contribution in [1.29, 1.82) is 0 Å². The third kappa shape index (κ3) is 2.37. The highest BCUT2D eigenvalue weighted by atomic mass is 16.1. The van der Waals surface area contributed by atoms with Crippen molar-refractivity contribution >= 4 is 5.78 Å². The minimum atomic E-state index is 0.332. The maximum atomic E-state index is 11.0. The fourth-order valence-corrected chi connectivity index (χ4v) is 1.94. The molecular weight excluding hydrogens is 148 g/mol. The minimum Gasteiger partial charge on any atom is -0.300 e.